The number of nitrogens with zero attached hydrogens (tertiary/aromatic N) is 8. The third-order valence-electron chi connectivity index (χ3n) is 9.10. The van der Waals surface area contributed by atoms with E-state index in [1.807, 2.05) is 42.5 Å². The molecule has 2 aromatic heterocycles. The van der Waals surface area contributed by atoms with Crippen molar-refractivity contribution in [2.75, 3.05) is 0 Å². The number of benzene rings is 4. The minimum absolute atomic E-state index is 0. The first kappa shape index (κ1) is 592. The molecule has 489 valence electrons. The van der Waals surface area contributed by atoms with Crippen LogP contribution in [0.4, 0.5) is 11.6 Å². The molecule has 0 aliphatic carbocycles. The molecule has 6 aliphatic heterocycles. The van der Waals surface area contributed by atoms with Crippen molar-refractivity contribution in [2.45, 2.75) is 12.8 Å². The number of fused-ring (bicyclic) bond motifs is 12. The molecule has 99 radical (unpaired) electrons. The van der Waals surface area contributed by atoms with Gasteiger partial charge in [-0.25, -0.2) is 77.8 Å². The van der Waals surface area contributed by atoms with Crippen molar-refractivity contribution in [1.29, 1.82) is 0 Å². The summed E-state index contributed by atoms with van der Waals surface area (Å²) < 4.78 is 8.86. The van der Waals surface area contributed by atoms with Crippen LogP contribution in [0.2, 0.25) is 0 Å². The third kappa shape index (κ3) is 219. The summed E-state index contributed by atoms with van der Waals surface area (Å²) in [6.07, 6.45) is 0. The second kappa shape index (κ2) is 390. The number of hydrogen-bond acceptors (Lipinski definition) is 4. The van der Waals surface area contributed by atoms with E-state index in [9.17, 15) is 0 Å². The van der Waals surface area contributed by atoms with Crippen LogP contribution in [0.25, 0.3) is 21.5 Å². The summed E-state index contributed by atoms with van der Waals surface area (Å²) in [5, 5.41) is 3.65. The zero-order valence-corrected chi connectivity index (χ0v) is 360. The van der Waals surface area contributed by atoms with E-state index in [1.165, 1.54) is 0 Å². The van der Waals surface area contributed by atoms with Gasteiger partial charge in [-0.2, -0.15) is 43.0 Å². The van der Waals surface area contributed by atoms with Crippen LogP contribution in [0.5, 0.6) is 0 Å². The van der Waals surface area contributed by atoms with Gasteiger partial charge in [-0.3, -0.25) is 18.7 Å². The Balaban J connectivity index is -0.00000000330. The molecule has 8 nitrogen and oxygen atoms in total. The minimum Gasteiger partial charge on any atom is -0.311 e. The summed E-state index contributed by atoms with van der Waals surface area (Å²) in [4.78, 5) is 21.3. The van der Waals surface area contributed by atoms with E-state index in [2.05, 4.69) is 73.7 Å². The Labute approximate surface area is 3340 Å². The maximum absolute atomic E-state index is 5.38. The largest absolute Gasteiger partial charge is 0.341 e. The van der Waals surface area contributed by atoms with Crippen LogP contribution in [0.15, 0.2) is 68.5 Å². The van der Waals surface area contributed by atoms with Gasteiger partial charge < -0.3 is 4.57 Å². The molecule has 4 aromatic carbocycles. The average Bonchev–Trinajstić information content (AvgIpc) is 3.74. The van der Waals surface area contributed by atoms with Crippen LogP contribution in [-0.2, 0) is 3240 Å². The van der Waals surface area contributed by atoms with Crippen molar-refractivity contribution in [3.8, 4) is 0 Å². The molecular formula is C34H11N8Y99-5. The fourth-order valence-corrected chi connectivity index (χ4v) is 7.59. The van der Waals surface area contributed by atoms with Gasteiger partial charge in [0.1, 0.15) is 29.2 Å². The summed E-state index contributed by atoms with van der Waals surface area (Å²) in [7, 11) is 0. The summed E-state index contributed by atoms with van der Waals surface area (Å²) in [5.41, 5.74) is 6.03. The van der Waals surface area contributed by atoms with Crippen molar-refractivity contribution >= 4 is 56.5 Å². The van der Waals surface area contributed by atoms with Gasteiger partial charge in [0.05, 0.1) is 11.3 Å². The molecule has 0 saturated heterocycles. The molecule has 1 spiro atoms. The fraction of sp³-hybridized carbons (Fsp3) is 0.0588. The third-order valence-corrected chi connectivity index (χ3v) is 9.10. The summed E-state index contributed by atoms with van der Waals surface area (Å²) >= 11 is 0. The van der Waals surface area contributed by atoms with Crippen LogP contribution >= 0.6 is 0 Å². The molecule has 0 amide bonds. The average molecular weight is 9330 g/mol. The number of hydrogen-bond donors (Lipinski definition) is 0. The van der Waals surface area contributed by atoms with Crippen molar-refractivity contribution in [2.24, 2.45) is 20.0 Å². The van der Waals surface area contributed by atoms with Crippen molar-refractivity contribution in [1.82, 2.24) is 9.13 Å². The van der Waals surface area contributed by atoms with Gasteiger partial charge in [-0.05, 0) is 0 Å². The molecule has 0 N–H and O–H groups in total. The molecule has 0 bridgehead atoms. The van der Waals surface area contributed by atoms with Gasteiger partial charge in [-0.1, -0.05) is 17.7 Å². The molecule has 1 atom stereocenters. The molecule has 141 heavy (non-hydrogen) atoms. The molecule has 107 heteroatoms. The van der Waals surface area contributed by atoms with E-state index >= 15 is 0 Å². The zero-order chi connectivity index (χ0) is 27.1. The standard InChI is InChI=1S/C34H11N8.99Y/c1-17-9-8-16-24-25(17)33-38-31-23-15-7-6-14-22(23)29-36-27-19-11-3-2-10-18(19)26-35-28-20-12-4-5-13-21(20)30-37-32(24)42(33)34(39(26)27,40(28)30)41(29)31;;;;;;;;;;;;;;;;;;;;;;;;;;;;;;;;;;;;;;;;;;;;;;;;;;;;;;;;;;;;;;;;;;;;;;;;;;;;;;;;;;;;;;;;;;;;;;;;;;;/h2-9H,1H3;;;;;;;;;;;;;;;;;;;;;;;;;;;;;;;;;;;;;;;;;;;;;;;;;;;;;;;;;;;;;;;;;;;;;;;;;;;;;;;;;;;;;;;;;;;;;;;;;;;/q-5;;;;;;;;;;;;;;;;;;;;;;;;;;;;;;;;;;;;;;;;;;;;;;;;;;;;;;;;;;;;;;;;;;;;;;;;;;;;;;;;;;;;;;;;;;;;;;;;;;;. The van der Waals surface area contributed by atoms with Gasteiger partial charge >= 0.3 is 5.91 Å². The van der Waals surface area contributed by atoms with E-state index in [1.54, 1.807) is 0 Å². The Bertz CT molecular complexity index is 2820. The number of amidine groups is 4. The molecule has 6 aromatic rings. The van der Waals surface area contributed by atoms with Crippen LogP contribution < -0.4 is 11.0 Å². The zero-order valence-electron chi connectivity index (χ0n) is 78.9. The Morgan fingerprint density at radius 3 is 0.560 bits per heavy atom. The maximum Gasteiger partial charge on any atom is 0.341 e. The van der Waals surface area contributed by atoms with Crippen LogP contribution in [0, 0.1) is 49.4 Å². The van der Waals surface area contributed by atoms with Gasteiger partial charge in [0.2, 0.25) is 0 Å². The number of aliphatic imine (C=N–C) groups is 2. The first-order valence-corrected chi connectivity index (χ1v) is 13.6. The maximum atomic E-state index is 5.38. The molecule has 1 unspecified atom stereocenters. The summed E-state index contributed by atoms with van der Waals surface area (Å²) in [6.45, 7) is 2.12. The quantitative estimate of drug-likeness (QED) is 0.166. The monoisotopic (exact) mass is 9330 g/mol. The SMILES string of the molecule is Cc1cc[c-]c2c3n4c(c12)N=c1c2[c-]cc[c-]c2c2n1C41[N+]4=C(N=C5c6[c-]cc[c-]c6C(=[N+]51)N=2)c1[c-]cc[c-]c1C4=N3.[Y].[Y].[Y].[Y].[Y].[Y].[Y].[Y].[Y].[Y].[Y].[Y].[Y].[Y].[Y].[Y].[Y].[Y].[Y].[Y].[Y].[Y].[Y].[Y].[Y].[Y].[Y].[Y].[Y].[Y].[Y].[Y].[Y].[Y].[Y].[Y].[Y].[Y].[Y].[Y].[Y].[Y].[Y].[Y].[Y].[Y].[Y].[Y].[Y].[Y].[Y].[Y].[Y].[Y].[Y].[Y].[Y].[Y].[Y].[Y].[Y].[Y].[Y].[Y].[Y].[Y].[Y].[Y].[Y].[Y].[Y].[Y].[Y].[Y].[Y].[Y].[Y].[Y].[Y].[Y].[Y].[Y].[Y].[Y].[Y].[Y].[Y].[Y].[Y].[Y].[Y].[Y].[Y].[Y].[Y].[Y].[Y].[Y].[Y]. The van der Waals surface area contributed by atoms with E-state index in [0.29, 0.717) is 0 Å². The number of rotatable bonds is 0. The van der Waals surface area contributed by atoms with Crippen molar-refractivity contribution < 1.29 is 3250 Å². The van der Waals surface area contributed by atoms with E-state index in [0.717, 1.165) is 95.3 Å². The molecule has 8 heterocycles. The summed E-state index contributed by atoms with van der Waals surface area (Å²) in [5.74, 6) is 3.51. The van der Waals surface area contributed by atoms with E-state index in [-0.39, 0.29) is 3240 Å². The molecule has 0 fully saturated rings. The Hall–Kier alpha value is 104. The first-order chi connectivity index (χ1) is 20.8. The second-order valence-corrected chi connectivity index (χ2v) is 11.0. The molecule has 0 saturated carbocycles. The second-order valence-electron chi connectivity index (χ2n) is 11.0. The van der Waals surface area contributed by atoms with Crippen molar-refractivity contribution in [3.05, 3.63) is 130 Å². The number of aromatic nitrogens is 2. The molecular weight excluding hydrogens is 9320 g/mol. The summed E-state index contributed by atoms with van der Waals surface area (Å²) in [6, 6.07) is 39.6. The molecule has 12 rings (SSSR count). The Morgan fingerprint density at radius 2 is 0.348 bits per heavy atom. The Kier molecular flexibility index (Phi) is 1640. The van der Waals surface area contributed by atoms with Crippen LogP contribution in [0.3, 0.4) is 0 Å². The van der Waals surface area contributed by atoms with Crippen molar-refractivity contribution in [3.63, 3.8) is 0 Å². The predicted molar refractivity (Wildman–Crippen MR) is 150 cm³/mol. The van der Waals surface area contributed by atoms with E-state index < -0.39 is 5.91 Å². The first-order valence-electron chi connectivity index (χ1n) is 13.6. The van der Waals surface area contributed by atoms with E-state index in [4.69, 9.17) is 20.0 Å². The minimum atomic E-state index is -1.07. The normalized spacial score (nSPS) is 6.13. The smallest absolute Gasteiger partial charge is 0.311 e. The molecule has 6 aliphatic rings. The van der Waals surface area contributed by atoms with Gasteiger partial charge in [0.25, 0.3) is 0 Å². The Morgan fingerprint density at radius 1 is 0.177 bits per heavy atom. The van der Waals surface area contributed by atoms with Crippen LogP contribution in [0.1, 0.15) is 27.8 Å². The topological polar surface area (TPSA) is 65.3 Å². The number of aryl methyl sites for hydroxylation is 1. The van der Waals surface area contributed by atoms with Gasteiger partial charge in [0, 0.05) is 3240 Å². The van der Waals surface area contributed by atoms with Crippen LogP contribution in [-0.4, -0.2) is 41.6 Å². The van der Waals surface area contributed by atoms with Gasteiger partial charge in [0.15, 0.2) is 0 Å². The predicted octanol–water partition coefficient (Wildman–Crippen LogP) is 2.37. The fourth-order valence-electron chi connectivity index (χ4n) is 7.59. The van der Waals surface area contributed by atoms with Gasteiger partial charge in [-0.15, -0.1) is 23.8 Å².